The van der Waals surface area contributed by atoms with Gasteiger partial charge in [-0.3, -0.25) is 23.9 Å². The molecule has 3 amide bonds. The van der Waals surface area contributed by atoms with Crippen molar-refractivity contribution in [1.29, 1.82) is 0 Å². The maximum absolute atomic E-state index is 12.0. The normalized spacial score (nSPS) is 12.9. The number of tetrazole rings is 1. The van der Waals surface area contributed by atoms with E-state index in [-0.39, 0.29) is 32.1 Å². The monoisotopic (exact) mass is 505 g/mol. The van der Waals surface area contributed by atoms with Crippen molar-refractivity contribution in [2.24, 2.45) is 0 Å². The molecule has 1 aromatic rings. The number of carbonyl (C=O) groups excluding carboxylic acids is 3. The van der Waals surface area contributed by atoms with Crippen LogP contribution in [0.15, 0.2) is 0 Å². The van der Waals surface area contributed by atoms with Crippen molar-refractivity contribution >= 4 is 39.7 Å². The number of carbonyl (C=O) groups is 5. The largest absolute Gasteiger partial charge is 0.480 e. The van der Waals surface area contributed by atoms with E-state index in [1.165, 1.54) is 6.92 Å². The molecule has 2 unspecified atom stereocenters. The lowest BCUT2D eigenvalue weighted by atomic mass is 10.1. The predicted octanol–water partition coefficient (Wildman–Crippen LogP) is -2.31. The van der Waals surface area contributed by atoms with Gasteiger partial charge in [0.05, 0.1) is 5.75 Å². The summed E-state index contributed by atoms with van der Waals surface area (Å²) < 4.78 is 25.8. The summed E-state index contributed by atoms with van der Waals surface area (Å²) in [6.45, 7) is 1.24. The van der Waals surface area contributed by atoms with E-state index >= 15 is 0 Å². The molecule has 34 heavy (non-hydrogen) atoms. The van der Waals surface area contributed by atoms with Crippen molar-refractivity contribution in [3.63, 3.8) is 0 Å². The van der Waals surface area contributed by atoms with Crippen molar-refractivity contribution in [3.05, 3.63) is 5.82 Å². The van der Waals surface area contributed by atoms with E-state index in [4.69, 9.17) is 5.11 Å². The standard InChI is InChI=1S/C17H27N7O9S/c1-10(16(28)29)18-14(26)8-7-11(17(30)31)19-13(25)6-3-9-34(32,33)22-15(27)5-2-4-12-20-23-24-21-12/h10-11H,2-9H2,1H3,(H,18,26)(H,19,25)(H,22,27)(H,28,29)(H,30,31)(H,20,21,23,24). The van der Waals surface area contributed by atoms with Gasteiger partial charge in [-0.05, 0) is 36.6 Å². The first-order valence-electron chi connectivity index (χ1n) is 10.2. The number of aromatic nitrogens is 4. The van der Waals surface area contributed by atoms with Crippen LogP contribution < -0.4 is 15.4 Å². The Kier molecular flexibility index (Phi) is 11.5. The average Bonchev–Trinajstić information content (AvgIpc) is 3.23. The molecule has 0 aliphatic rings. The van der Waals surface area contributed by atoms with E-state index in [0.717, 1.165) is 0 Å². The topological polar surface area (TPSA) is 250 Å². The fourth-order valence-electron chi connectivity index (χ4n) is 2.57. The number of nitrogens with zero attached hydrogens (tertiary/aromatic N) is 3. The van der Waals surface area contributed by atoms with Crippen LogP contribution in [0.1, 0.15) is 51.3 Å². The number of amides is 3. The number of nitrogens with one attached hydrogen (secondary N) is 4. The van der Waals surface area contributed by atoms with Crippen molar-refractivity contribution in [3.8, 4) is 0 Å². The highest BCUT2D eigenvalue weighted by atomic mass is 32.2. The van der Waals surface area contributed by atoms with E-state index in [1.807, 2.05) is 4.72 Å². The second kappa shape index (κ2) is 13.8. The third-order valence-electron chi connectivity index (χ3n) is 4.33. The summed E-state index contributed by atoms with van der Waals surface area (Å²) in [4.78, 5) is 57.4. The third-order valence-corrected chi connectivity index (χ3v) is 5.70. The Morgan fingerprint density at radius 3 is 2.18 bits per heavy atom. The second-order valence-corrected chi connectivity index (χ2v) is 9.12. The Morgan fingerprint density at radius 1 is 0.941 bits per heavy atom. The van der Waals surface area contributed by atoms with Gasteiger partial charge in [-0.2, -0.15) is 0 Å². The van der Waals surface area contributed by atoms with E-state index < -0.39 is 57.5 Å². The summed E-state index contributed by atoms with van der Waals surface area (Å²) in [6.07, 6.45) is -0.573. The number of carboxylic acid groups (broad SMARTS) is 2. The van der Waals surface area contributed by atoms with Crippen LogP contribution >= 0.6 is 0 Å². The summed E-state index contributed by atoms with van der Waals surface area (Å²) >= 11 is 0. The first-order valence-corrected chi connectivity index (χ1v) is 11.8. The molecular formula is C17H27N7O9S. The summed E-state index contributed by atoms with van der Waals surface area (Å²) in [6, 6.07) is -2.58. The predicted molar refractivity (Wildman–Crippen MR) is 112 cm³/mol. The molecule has 190 valence electrons. The Balaban J connectivity index is 2.35. The van der Waals surface area contributed by atoms with Crippen molar-refractivity contribution in [2.75, 3.05) is 5.75 Å². The molecule has 17 heteroatoms. The molecule has 0 spiro atoms. The number of rotatable bonds is 16. The van der Waals surface area contributed by atoms with E-state index in [1.54, 1.807) is 0 Å². The molecule has 0 aliphatic heterocycles. The van der Waals surface area contributed by atoms with Gasteiger partial charge in [-0.25, -0.2) is 18.3 Å². The van der Waals surface area contributed by atoms with Gasteiger partial charge in [0.25, 0.3) is 0 Å². The molecule has 0 aliphatic carbocycles. The van der Waals surface area contributed by atoms with Crippen LogP contribution in [0.25, 0.3) is 0 Å². The van der Waals surface area contributed by atoms with Gasteiger partial charge in [-0.15, -0.1) is 5.10 Å². The van der Waals surface area contributed by atoms with Gasteiger partial charge in [0.1, 0.15) is 17.9 Å². The first-order chi connectivity index (χ1) is 15.9. The molecule has 0 fully saturated rings. The van der Waals surface area contributed by atoms with Crippen LogP contribution in [0, 0.1) is 0 Å². The van der Waals surface area contributed by atoms with E-state index in [2.05, 4.69) is 31.3 Å². The smallest absolute Gasteiger partial charge is 0.326 e. The van der Waals surface area contributed by atoms with Crippen molar-refractivity contribution < 1.29 is 42.6 Å². The Morgan fingerprint density at radius 2 is 1.59 bits per heavy atom. The number of hydrogen-bond acceptors (Lipinski definition) is 10. The lowest BCUT2D eigenvalue weighted by molar-refractivity contribution is -0.143. The van der Waals surface area contributed by atoms with Gasteiger partial charge in [0.2, 0.25) is 27.7 Å². The van der Waals surface area contributed by atoms with Gasteiger partial charge in [0, 0.05) is 25.7 Å². The quantitative estimate of drug-likeness (QED) is 0.139. The molecule has 2 atom stereocenters. The number of sulfonamides is 1. The van der Waals surface area contributed by atoms with Gasteiger partial charge in [-0.1, -0.05) is 0 Å². The fraction of sp³-hybridized carbons (Fsp3) is 0.647. The number of aliphatic carboxylic acids is 2. The Bertz CT molecular complexity index is 966. The lowest BCUT2D eigenvalue weighted by Crippen LogP contribution is -2.43. The molecule has 1 rings (SSSR count). The van der Waals surface area contributed by atoms with Crippen LogP contribution in [0.5, 0.6) is 0 Å². The summed E-state index contributed by atoms with van der Waals surface area (Å²) in [5, 5.41) is 35.1. The number of aromatic amines is 1. The number of H-pyrrole nitrogens is 1. The van der Waals surface area contributed by atoms with Crippen LogP contribution in [0.2, 0.25) is 0 Å². The molecule has 1 aromatic heterocycles. The number of aryl methyl sites for hydroxylation is 1. The maximum atomic E-state index is 12.0. The van der Waals surface area contributed by atoms with Gasteiger partial charge >= 0.3 is 11.9 Å². The minimum Gasteiger partial charge on any atom is -0.480 e. The summed E-state index contributed by atoms with van der Waals surface area (Å²) in [7, 11) is -3.99. The Hall–Kier alpha value is -3.63. The van der Waals surface area contributed by atoms with Crippen LogP contribution in [0.3, 0.4) is 0 Å². The maximum Gasteiger partial charge on any atom is 0.326 e. The molecular weight excluding hydrogens is 478 g/mol. The Labute approximate surface area is 194 Å². The van der Waals surface area contributed by atoms with Crippen LogP contribution in [-0.4, -0.2) is 86.8 Å². The average molecular weight is 506 g/mol. The summed E-state index contributed by atoms with van der Waals surface area (Å²) in [5.74, 6) is -4.93. The minimum atomic E-state index is -3.99. The number of hydrogen-bond donors (Lipinski definition) is 6. The zero-order chi connectivity index (χ0) is 25.7. The zero-order valence-corrected chi connectivity index (χ0v) is 19.1. The molecule has 0 radical (unpaired) electrons. The molecule has 0 bridgehead atoms. The van der Waals surface area contributed by atoms with E-state index in [9.17, 15) is 37.5 Å². The fourth-order valence-corrected chi connectivity index (χ4v) is 3.65. The van der Waals surface area contributed by atoms with Gasteiger partial charge in [0.15, 0.2) is 0 Å². The van der Waals surface area contributed by atoms with Gasteiger partial charge < -0.3 is 20.8 Å². The number of carboxylic acids is 2. The molecule has 0 saturated carbocycles. The van der Waals surface area contributed by atoms with Crippen molar-refractivity contribution in [1.82, 2.24) is 36.0 Å². The van der Waals surface area contributed by atoms with Crippen LogP contribution in [0.4, 0.5) is 0 Å². The summed E-state index contributed by atoms with van der Waals surface area (Å²) in [5.41, 5.74) is 0. The lowest BCUT2D eigenvalue weighted by Gasteiger charge is -2.15. The van der Waals surface area contributed by atoms with Crippen LogP contribution in [-0.2, 0) is 40.4 Å². The van der Waals surface area contributed by atoms with E-state index in [0.29, 0.717) is 18.7 Å². The molecule has 6 N–H and O–H groups in total. The highest BCUT2D eigenvalue weighted by Gasteiger charge is 2.23. The second-order valence-electron chi connectivity index (χ2n) is 7.27. The first kappa shape index (κ1) is 28.4. The molecule has 16 nitrogen and oxygen atoms in total. The zero-order valence-electron chi connectivity index (χ0n) is 18.3. The highest BCUT2D eigenvalue weighted by Crippen LogP contribution is 2.03. The third kappa shape index (κ3) is 11.8. The molecule has 0 aromatic carbocycles. The molecule has 1 heterocycles. The molecule has 0 saturated heterocycles. The highest BCUT2D eigenvalue weighted by molar-refractivity contribution is 7.90. The van der Waals surface area contributed by atoms with Crippen molar-refractivity contribution in [2.45, 2.75) is 64.0 Å². The SMILES string of the molecule is CC(NC(=O)CCC(NC(=O)CCCS(=O)(=O)NC(=O)CCCc1nnn[nH]1)C(=O)O)C(=O)O. The minimum absolute atomic E-state index is 0.0838.